The largest absolute Gasteiger partial charge is 0.369 e. The maximum atomic E-state index is 4.71. The molecule has 1 aromatic heterocycles. The van der Waals surface area contributed by atoms with Crippen molar-refractivity contribution in [2.24, 2.45) is 5.92 Å². The van der Waals surface area contributed by atoms with Crippen molar-refractivity contribution in [3.05, 3.63) is 10.2 Å². The van der Waals surface area contributed by atoms with Gasteiger partial charge in [0.25, 0.3) is 0 Å². The highest BCUT2D eigenvalue weighted by Crippen LogP contribution is 2.33. The molecular formula is C12H20BrN3. The van der Waals surface area contributed by atoms with E-state index in [0.29, 0.717) is 6.04 Å². The number of nitrogens with zero attached hydrogens (tertiary/aromatic N) is 2. The molecule has 0 aliphatic carbocycles. The number of aromatic nitrogens is 2. The molecule has 3 nitrogen and oxygen atoms in total. The average Bonchev–Trinajstić information content (AvgIpc) is 2.55. The van der Waals surface area contributed by atoms with Crippen molar-refractivity contribution >= 4 is 21.7 Å². The molecule has 0 spiro atoms. The van der Waals surface area contributed by atoms with E-state index in [2.05, 4.69) is 46.7 Å². The highest BCUT2D eigenvalue weighted by molar-refractivity contribution is 9.10. The molecule has 2 heterocycles. The maximum Gasteiger partial charge on any atom is 0.139 e. The summed E-state index contributed by atoms with van der Waals surface area (Å²) in [6.07, 6.45) is 3.42. The lowest BCUT2D eigenvalue weighted by molar-refractivity contribution is 0.447. The van der Waals surface area contributed by atoms with E-state index in [-0.39, 0.29) is 0 Å². The van der Waals surface area contributed by atoms with Gasteiger partial charge in [-0.2, -0.15) is 5.10 Å². The first-order valence-electron chi connectivity index (χ1n) is 6.10. The molecule has 2 rings (SSSR count). The van der Waals surface area contributed by atoms with E-state index in [9.17, 15) is 0 Å². The third-order valence-electron chi connectivity index (χ3n) is 3.15. The van der Waals surface area contributed by atoms with Crippen molar-refractivity contribution < 1.29 is 0 Å². The predicted octanol–water partition coefficient (Wildman–Crippen LogP) is 3.61. The van der Waals surface area contributed by atoms with E-state index in [1.54, 1.807) is 0 Å². The van der Waals surface area contributed by atoms with Gasteiger partial charge in [0.15, 0.2) is 0 Å². The van der Waals surface area contributed by atoms with Crippen LogP contribution in [0.15, 0.2) is 4.47 Å². The Morgan fingerprint density at radius 3 is 2.94 bits per heavy atom. The van der Waals surface area contributed by atoms with Crippen LogP contribution in [0.25, 0.3) is 0 Å². The molecule has 0 amide bonds. The number of nitrogens with one attached hydrogen (secondary N) is 1. The van der Waals surface area contributed by atoms with E-state index < -0.39 is 0 Å². The fraction of sp³-hybridized carbons (Fsp3) is 0.750. The minimum atomic E-state index is 0.514. The van der Waals surface area contributed by atoms with Gasteiger partial charge in [0.05, 0.1) is 16.2 Å². The van der Waals surface area contributed by atoms with Gasteiger partial charge in [-0.3, -0.25) is 0 Å². The monoisotopic (exact) mass is 285 g/mol. The quantitative estimate of drug-likeness (QED) is 0.920. The summed E-state index contributed by atoms with van der Waals surface area (Å²) >= 11 is 3.67. The van der Waals surface area contributed by atoms with Crippen LogP contribution in [0.2, 0.25) is 0 Å². The maximum absolute atomic E-state index is 4.71. The Kier molecular flexibility index (Phi) is 3.57. The van der Waals surface area contributed by atoms with Crippen LogP contribution in [-0.4, -0.2) is 16.3 Å². The van der Waals surface area contributed by atoms with Gasteiger partial charge in [0.2, 0.25) is 0 Å². The average molecular weight is 286 g/mol. The minimum absolute atomic E-state index is 0.514. The topological polar surface area (TPSA) is 29.9 Å². The summed E-state index contributed by atoms with van der Waals surface area (Å²) in [6, 6.07) is 0.514. The molecule has 1 N–H and O–H groups in total. The lowest BCUT2D eigenvalue weighted by Gasteiger charge is -2.22. The molecule has 0 radical (unpaired) electrons. The third-order valence-corrected chi connectivity index (χ3v) is 3.98. The van der Waals surface area contributed by atoms with Gasteiger partial charge in [0, 0.05) is 6.54 Å². The summed E-state index contributed by atoms with van der Waals surface area (Å²) in [6.45, 7) is 7.79. The van der Waals surface area contributed by atoms with E-state index in [4.69, 9.17) is 5.10 Å². The van der Waals surface area contributed by atoms with Crippen molar-refractivity contribution in [1.29, 1.82) is 0 Å². The highest BCUT2D eigenvalue weighted by Gasteiger charge is 2.22. The van der Waals surface area contributed by atoms with Gasteiger partial charge in [-0.15, -0.1) is 0 Å². The smallest absolute Gasteiger partial charge is 0.139 e. The molecule has 1 aromatic rings. The first-order chi connectivity index (χ1) is 7.59. The fourth-order valence-corrected chi connectivity index (χ4v) is 2.65. The Morgan fingerprint density at radius 2 is 2.31 bits per heavy atom. The van der Waals surface area contributed by atoms with E-state index >= 15 is 0 Å². The van der Waals surface area contributed by atoms with Crippen LogP contribution in [0, 0.1) is 5.92 Å². The molecule has 0 saturated carbocycles. The Morgan fingerprint density at radius 1 is 1.56 bits per heavy atom. The van der Waals surface area contributed by atoms with E-state index in [0.717, 1.165) is 31.1 Å². The number of halogens is 1. The van der Waals surface area contributed by atoms with Crippen molar-refractivity contribution in [2.75, 3.05) is 11.9 Å². The van der Waals surface area contributed by atoms with Gasteiger partial charge in [-0.25, -0.2) is 4.68 Å². The second-order valence-corrected chi connectivity index (χ2v) is 5.84. The lowest BCUT2D eigenvalue weighted by atomic mass is 10.1. The van der Waals surface area contributed by atoms with Crippen molar-refractivity contribution in [3.63, 3.8) is 0 Å². The molecule has 0 fully saturated rings. The zero-order chi connectivity index (χ0) is 11.7. The van der Waals surface area contributed by atoms with Crippen LogP contribution in [0.4, 0.5) is 5.82 Å². The van der Waals surface area contributed by atoms with Gasteiger partial charge >= 0.3 is 0 Å². The lowest BCUT2D eigenvalue weighted by Crippen LogP contribution is -2.21. The number of aryl methyl sites for hydroxylation is 1. The van der Waals surface area contributed by atoms with Crippen LogP contribution in [0.1, 0.15) is 45.3 Å². The SMILES string of the molecule is CC(C)CCc1nn2c(c1Br)NCCC2C. The molecule has 0 saturated heterocycles. The van der Waals surface area contributed by atoms with Crippen molar-refractivity contribution in [2.45, 2.75) is 46.1 Å². The number of anilines is 1. The van der Waals surface area contributed by atoms with Gasteiger partial charge in [0.1, 0.15) is 5.82 Å². The number of hydrogen-bond donors (Lipinski definition) is 1. The van der Waals surface area contributed by atoms with E-state index in [1.807, 2.05) is 0 Å². The van der Waals surface area contributed by atoms with Gasteiger partial charge < -0.3 is 5.32 Å². The molecule has 90 valence electrons. The summed E-state index contributed by atoms with van der Waals surface area (Å²) in [5, 5.41) is 8.13. The zero-order valence-electron chi connectivity index (χ0n) is 10.3. The number of rotatable bonds is 3. The minimum Gasteiger partial charge on any atom is -0.369 e. The molecule has 1 aliphatic rings. The van der Waals surface area contributed by atoms with Crippen LogP contribution in [0.5, 0.6) is 0 Å². The summed E-state index contributed by atoms with van der Waals surface area (Å²) in [4.78, 5) is 0. The number of fused-ring (bicyclic) bond motifs is 1. The highest BCUT2D eigenvalue weighted by atomic mass is 79.9. The van der Waals surface area contributed by atoms with Crippen LogP contribution in [0.3, 0.4) is 0 Å². The van der Waals surface area contributed by atoms with Crippen LogP contribution in [-0.2, 0) is 6.42 Å². The van der Waals surface area contributed by atoms with Crippen molar-refractivity contribution in [1.82, 2.24) is 9.78 Å². The predicted molar refractivity (Wildman–Crippen MR) is 70.9 cm³/mol. The standard InChI is InChI=1S/C12H20BrN3/c1-8(2)4-5-10-11(13)12-14-7-6-9(3)16(12)15-10/h8-9,14H,4-7H2,1-3H3. The molecular weight excluding hydrogens is 266 g/mol. The molecule has 16 heavy (non-hydrogen) atoms. The van der Waals surface area contributed by atoms with Crippen LogP contribution >= 0.6 is 15.9 Å². The zero-order valence-corrected chi connectivity index (χ0v) is 11.8. The summed E-state index contributed by atoms with van der Waals surface area (Å²) in [5.74, 6) is 1.90. The third kappa shape index (κ3) is 2.26. The Labute approximate surface area is 106 Å². The molecule has 4 heteroatoms. The molecule has 0 aromatic carbocycles. The molecule has 1 atom stereocenters. The molecule has 0 bridgehead atoms. The summed E-state index contributed by atoms with van der Waals surface area (Å²) in [7, 11) is 0. The Balaban J connectivity index is 2.21. The summed E-state index contributed by atoms with van der Waals surface area (Å²) < 4.78 is 3.29. The first kappa shape index (κ1) is 12.0. The molecule has 1 aliphatic heterocycles. The summed E-state index contributed by atoms with van der Waals surface area (Å²) in [5.41, 5.74) is 1.20. The van der Waals surface area contributed by atoms with Crippen LogP contribution < -0.4 is 5.32 Å². The number of hydrogen-bond acceptors (Lipinski definition) is 2. The van der Waals surface area contributed by atoms with Gasteiger partial charge in [-0.1, -0.05) is 13.8 Å². The molecule has 1 unspecified atom stereocenters. The fourth-order valence-electron chi connectivity index (χ4n) is 2.05. The van der Waals surface area contributed by atoms with Crippen molar-refractivity contribution in [3.8, 4) is 0 Å². The van der Waals surface area contributed by atoms with E-state index in [1.165, 1.54) is 16.6 Å². The Bertz CT molecular complexity index is 371. The van der Waals surface area contributed by atoms with Gasteiger partial charge in [-0.05, 0) is 48.0 Å². The normalized spacial score (nSPS) is 19.7. The second-order valence-electron chi connectivity index (χ2n) is 5.05. The Hall–Kier alpha value is -0.510. The second kappa shape index (κ2) is 4.78. The first-order valence-corrected chi connectivity index (χ1v) is 6.89.